The zero-order valence-corrected chi connectivity index (χ0v) is 15.3. The second kappa shape index (κ2) is 8.60. The number of aromatic nitrogens is 2. The first-order chi connectivity index (χ1) is 12.7. The van der Waals surface area contributed by atoms with Crippen LogP contribution in [0.15, 0.2) is 30.5 Å². The van der Waals surface area contributed by atoms with Crippen molar-refractivity contribution in [3.05, 3.63) is 41.7 Å². The Kier molecular flexibility index (Phi) is 5.99. The number of nitrogens with one attached hydrogen (secondary N) is 2. The molecule has 3 rings (SSSR count). The number of hydrogen-bond donors (Lipinski definition) is 2. The van der Waals surface area contributed by atoms with Crippen LogP contribution in [-0.2, 0) is 6.42 Å². The molecule has 1 aromatic heterocycles. The number of hydrogen-bond acceptors (Lipinski definition) is 4. The Labute approximate surface area is 153 Å². The van der Waals surface area contributed by atoms with Crippen LogP contribution in [0.25, 0.3) is 0 Å². The monoisotopic (exact) mass is 358 g/mol. The summed E-state index contributed by atoms with van der Waals surface area (Å²) in [6.45, 7) is 2.11. The van der Waals surface area contributed by atoms with E-state index in [9.17, 15) is 4.79 Å². The lowest BCUT2D eigenvalue weighted by Crippen LogP contribution is -2.45. The third-order valence-corrected chi connectivity index (χ3v) is 4.81. The minimum absolute atomic E-state index is 0.00491. The van der Waals surface area contributed by atoms with Crippen molar-refractivity contribution in [2.45, 2.75) is 25.2 Å². The summed E-state index contributed by atoms with van der Waals surface area (Å²) in [6.07, 6.45) is 4.59. The van der Waals surface area contributed by atoms with Crippen LogP contribution in [0.2, 0.25) is 0 Å². The van der Waals surface area contributed by atoms with E-state index in [0.717, 1.165) is 43.6 Å². The van der Waals surface area contributed by atoms with Crippen molar-refractivity contribution in [3.8, 4) is 11.5 Å². The molecule has 2 amide bonds. The number of ether oxygens (including phenoxy) is 2. The molecule has 7 nitrogen and oxygen atoms in total. The van der Waals surface area contributed by atoms with Crippen LogP contribution in [0.4, 0.5) is 4.79 Å². The lowest BCUT2D eigenvalue weighted by atomic mass is 9.95. The molecular formula is C19H26N4O3. The average molecular weight is 358 g/mol. The zero-order chi connectivity index (χ0) is 18.4. The molecule has 2 heterocycles. The molecule has 1 aliphatic rings. The van der Waals surface area contributed by atoms with Crippen molar-refractivity contribution in [2.75, 3.05) is 33.9 Å². The fraction of sp³-hybridized carbons (Fsp3) is 0.474. The second-order valence-corrected chi connectivity index (χ2v) is 6.47. The molecule has 0 spiro atoms. The molecule has 0 radical (unpaired) electrons. The highest BCUT2D eigenvalue weighted by Crippen LogP contribution is 2.28. The van der Waals surface area contributed by atoms with E-state index >= 15 is 0 Å². The van der Waals surface area contributed by atoms with Gasteiger partial charge < -0.3 is 19.7 Å². The van der Waals surface area contributed by atoms with Crippen LogP contribution in [0.3, 0.4) is 0 Å². The Bertz CT molecular complexity index is 718. The summed E-state index contributed by atoms with van der Waals surface area (Å²) in [7, 11) is 3.24. The fourth-order valence-electron chi connectivity index (χ4n) is 3.37. The highest BCUT2D eigenvalue weighted by Gasteiger charge is 2.25. The first-order valence-electron chi connectivity index (χ1n) is 8.94. The highest BCUT2D eigenvalue weighted by molar-refractivity contribution is 5.74. The summed E-state index contributed by atoms with van der Waals surface area (Å²) in [5.41, 5.74) is 2.20. The van der Waals surface area contributed by atoms with Gasteiger partial charge in [-0.2, -0.15) is 5.10 Å². The van der Waals surface area contributed by atoms with Gasteiger partial charge in [-0.05, 0) is 43.0 Å². The Morgan fingerprint density at radius 1 is 1.31 bits per heavy atom. The van der Waals surface area contributed by atoms with E-state index < -0.39 is 0 Å². The van der Waals surface area contributed by atoms with Gasteiger partial charge in [0.2, 0.25) is 0 Å². The van der Waals surface area contributed by atoms with Crippen LogP contribution >= 0.6 is 0 Å². The molecule has 0 saturated carbocycles. The smallest absolute Gasteiger partial charge is 0.317 e. The highest BCUT2D eigenvalue weighted by atomic mass is 16.5. The number of benzene rings is 1. The van der Waals surface area contributed by atoms with Gasteiger partial charge in [0.15, 0.2) is 11.5 Å². The number of urea groups is 1. The molecule has 0 unspecified atom stereocenters. The molecule has 2 N–H and O–H groups in total. The van der Waals surface area contributed by atoms with Gasteiger partial charge in [0.1, 0.15) is 0 Å². The minimum atomic E-state index is -0.00491. The van der Waals surface area contributed by atoms with Gasteiger partial charge in [-0.1, -0.05) is 6.07 Å². The van der Waals surface area contributed by atoms with Crippen LogP contribution in [-0.4, -0.2) is 55.0 Å². The maximum absolute atomic E-state index is 12.5. The normalized spacial score (nSPS) is 17.0. The summed E-state index contributed by atoms with van der Waals surface area (Å²) in [5, 5.41) is 10.1. The third kappa shape index (κ3) is 4.28. The molecular weight excluding hydrogens is 332 g/mol. The SMILES string of the molecule is COc1ccc(CCNC(=O)N2CCC[C@H](c3ccn[nH]3)C2)cc1OC. The van der Waals surface area contributed by atoms with Gasteiger partial charge in [0.05, 0.1) is 14.2 Å². The van der Waals surface area contributed by atoms with E-state index in [0.29, 0.717) is 24.0 Å². The first-order valence-corrected chi connectivity index (χ1v) is 8.94. The standard InChI is InChI=1S/C19H26N4O3/c1-25-17-6-5-14(12-18(17)26-2)7-9-20-19(24)23-11-3-4-15(13-23)16-8-10-21-22-16/h5-6,8,10,12,15H,3-4,7,9,11,13H2,1-2H3,(H,20,24)(H,21,22)/t15-/m0/s1. The number of rotatable bonds is 6. The van der Waals surface area contributed by atoms with E-state index in [1.807, 2.05) is 29.2 Å². The van der Waals surface area contributed by atoms with Crippen molar-refractivity contribution in [1.29, 1.82) is 0 Å². The summed E-state index contributed by atoms with van der Waals surface area (Å²) in [6, 6.07) is 7.80. The maximum Gasteiger partial charge on any atom is 0.317 e. The number of aromatic amines is 1. The van der Waals surface area contributed by atoms with E-state index in [1.54, 1.807) is 20.4 Å². The zero-order valence-electron chi connectivity index (χ0n) is 15.3. The van der Waals surface area contributed by atoms with Crippen molar-refractivity contribution in [3.63, 3.8) is 0 Å². The Hall–Kier alpha value is -2.70. The molecule has 1 aromatic carbocycles. The van der Waals surface area contributed by atoms with Crippen molar-refractivity contribution >= 4 is 6.03 Å². The topological polar surface area (TPSA) is 79.5 Å². The van der Waals surface area contributed by atoms with Gasteiger partial charge in [-0.25, -0.2) is 4.79 Å². The summed E-state index contributed by atoms with van der Waals surface area (Å²) >= 11 is 0. The lowest BCUT2D eigenvalue weighted by molar-refractivity contribution is 0.179. The minimum Gasteiger partial charge on any atom is -0.493 e. The Morgan fingerprint density at radius 3 is 2.88 bits per heavy atom. The molecule has 1 fully saturated rings. The van der Waals surface area contributed by atoms with E-state index in [4.69, 9.17) is 9.47 Å². The van der Waals surface area contributed by atoms with Crippen LogP contribution < -0.4 is 14.8 Å². The van der Waals surface area contributed by atoms with Gasteiger partial charge >= 0.3 is 6.03 Å². The fourth-order valence-corrected chi connectivity index (χ4v) is 3.37. The van der Waals surface area contributed by atoms with Gasteiger partial charge in [-0.15, -0.1) is 0 Å². The van der Waals surface area contributed by atoms with E-state index in [-0.39, 0.29) is 6.03 Å². The van der Waals surface area contributed by atoms with Crippen LogP contribution in [0.1, 0.15) is 30.0 Å². The van der Waals surface area contributed by atoms with E-state index in [2.05, 4.69) is 15.5 Å². The quantitative estimate of drug-likeness (QED) is 0.832. The molecule has 2 aromatic rings. The van der Waals surface area contributed by atoms with Crippen molar-refractivity contribution < 1.29 is 14.3 Å². The van der Waals surface area contributed by atoms with Gasteiger partial charge in [0, 0.05) is 37.4 Å². The van der Waals surface area contributed by atoms with Crippen molar-refractivity contribution in [2.24, 2.45) is 0 Å². The summed E-state index contributed by atoms with van der Waals surface area (Å²) in [5.74, 6) is 1.75. The number of likely N-dealkylation sites (tertiary alicyclic amines) is 1. The lowest BCUT2D eigenvalue weighted by Gasteiger charge is -2.32. The Balaban J connectivity index is 1.49. The number of methoxy groups -OCH3 is 2. The first kappa shape index (κ1) is 18.1. The molecule has 1 saturated heterocycles. The molecule has 0 aliphatic carbocycles. The van der Waals surface area contributed by atoms with Gasteiger partial charge in [-0.3, -0.25) is 5.10 Å². The largest absolute Gasteiger partial charge is 0.493 e. The van der Waals surface area contributed by atoms with Crippen molar-refractivity contribution in [1.82, 2.24) is 20.4 Å². The number of piperidine rings is 1. The van der Waals surface area contributed by atoms with E-state index in [1.165, 1.54) is 0 Å². The summed E-state index contributed by atoms with van der Waals surface area (Å²) < 4.78 is 10.6. The number of H-pyrrole nitrogens is 1. The molecule has 1 atom stereocenters. The molecule has 7 heteroatoms. The molecule has 0 bridgehead atoms. The molecule has 26 heavy (non-hydrogen) atoms. The van der Waals surface area contributed by atoms with Crippen LogP contribution in [0, 0.1) is 0 Å². The van der Waals surface area contributed by atoms with Crippen LogP contribution in [0.5, 0.6) is 11.5 Å². The summed E-state index contributed by atoms with van der Waals surface area (Å²) in [4.78, 5) is 14.4. The number of nitrogens with zero attached hydrogens (tertiary/aromatic N) is 2. The predicted molar refractivity (Wildman–Crippen MR) is 98.8 cm³/mol. The number of carbonyl (C=O) groups excluding carboxylic acids is 1. The average Bonchev–Trinajstić information content (AvgIpc) is 3.22. The molecule has 140 valence electrons. The third-order valence-electron chi connectivity index (χ3n) is 4.81. The number of carbonyl (C=O) groups is 1. The predicted octanol–water partition coefficient (Wildman–Crippen LogP) is 2.56. The Morgan fingerprint density at radius 2 is 2.15 bits per heavy atom. The van der Waals surface area contributed by atoms with Gasteiger partial charge in [0.25, 0.3) is 0 Å². The molecule has 1 aliphatic heterocycles. The number of amides is 2. The second-order valence-electron chi connectivity index (χ2n) is 6.47. The maximum atomic E-state index is 12.5.